The molecule has 0 spiro atoms. The molecule has 0 saturated carbocycles. The summed E-state index contributed by atoms with van der Waals surface area (Å²) in [7, 11) is 0. The zero-order valence-electron chi connectivity index (χ0n) is 9.84. The average molecular weight is 203 g/mol. The van der Waals surface area contributed by atoms with Crippen LogP contribution in [0.5, 0.6) is 0 Å². The van der Waals surface area contributed by atoms with Gasteiger partial charge in [0.2, 0.25) is 0 Å². The number of ether oxygens (including phenoxy) is 2. The molecule has 14 heavy (non-hydrogen) atoms. The van der Waals surface area contributed by atoms with Crippen molar-refractivity contribution in [2.45, 2.75) is 39.7 Å². The Bertz CT molecular complexity index is 109. The van der Waals surface area contributed by atoms with E-state index in [4.69, 9.17) is 9.47 Å². The van der Waals surface area contributed by atoms with Gasteiger partial charge in [-0.15, -0.1) is 0 Å². The van der Waals surface area contributed by atoms with E-state index in [1.807, 2.05) is 6.92 Å². The molecule has 0 aromatic heterocycles. The van der Waals surface area contributed by atoms with Crippen LogP contribution in [0.3, 0.4) is 0 Å². The highest BCUT2D eigenvalue weighted by molar-refractivity contribution is 4.55. The second kappa shape index (κ2) is 11.0. The molecule has 0 aliphatic heterocycles. The summed E-state index contributed by atoms with van der Waals surface area (Å²) in [5, 5.41) is 3.35. The molecule has 0 aromatic rings. The Balaban J connectivity index is 3.02. The summed E-state index contributed by atoms with van der Waals surface area (Å²) in [6, 6.07) is 0. The van der Waals surface area contributed by atoms with Gasteiger partial charge in [-0.2, -0.15) is 0 Å². The van der Waals surface area contributed by atoms with Gasteiger partial charge in [0.15, 0.2) is 0 Å². The topological polar surface area (TPSA) is 30.5 Å². The van der Waals surface area contributed by atoms with Crippen LogP contribution in [0.25, 0.3) is 0 Å². The molecular weight excluding hydrogens is 178 g/mol. The third kappa shape index (κ3) is 9.96. The van der Waals surface area contributed by atoms with E-state index >= 15 is 0 Å². The molecule has 0 bridgehead atoms. The zero-order valence-corrected chi connectivity index (χ0v) is 9.84. The minimum Gasteiger partial charge on any atom is -0.382 e. The first-order valence-corrected chi connectivity index (χ1v) is 5.71. The predicted octanol–water partition coefficient (Wildman–Crippen LogP) is 1.82. The molecule has 0 aliphatic rings. The lowest BCUT2D eigenvalue weighted by Gasteiger charge is -2.13. The summed E-state index contributed by atoms with van der Waals surface area (Å²) < 4.78 is 10.8. The fourth-order valence-electron chi connectivity index (χ4n) is 1.13. The highest BCUT2D eigenvalue weighted by atomic mass is 16.5. The fraction of sp³-hybridized carbons (Fsp3) is 1.00. The Kier molecular flexibility index (Phi) is 10.9. The van der Waals surface area contributed by atoms with Crippen molar-refractivity contribution in [3.63, 3.8) is 0 Å². The van der Waals surface area contributed by atoms with Gasteiger partial charge < -0.3 is 14.8 Å². The first-order chi connectivity index (χ1) is 6.81. The van der Waals surface area contributed by atoms with Gasteiger partial charge in [0.05, 0.1) is 6.10 Å². The summed E-state index contributed by atoms with van der Waals surface area (Å²) in [6.07, 6.45) is 2.49. The molecular formula is C11H25NO2. The molecule has 86 valence electrons. The van der Waals surface area contributed by atoms with Gasteiger partial charge in [0.1, 0.15) is 0 Å². The van der Waals surface area contributed by atoms with Crippen molar-refractivity contribution in [2.24, 2.45) is 0 Å². The van der Waals surface area contributed by atoms with Crippen molar-refractivity contribution < 1.29 is 9.47 Å². The minimum absolute atomic E-state index is 0.321. The first kappa shape index (κ1) is 13.9. The highest BCUT2D eigenvalue weighted by Crippen LogP contribution is 1.90. The molecule has 1 atom stereocenters. The molecule has 3 heteroatoms. The molecule has 3 nitrogen and oxygen atoms in total. The average Bonchev–Trinajstić information content (AvgIpc) is 2.20. The zero-order chi connectivity index (χ0) is 10.6. The molecule has 1 N–H and O–H groups in total. The SMILES string of the molecule is CCCOC(C)CNCCCOCC. The van der Waals surface area contributed by atoms with Gasteiger partial charge in [-0.25, -0.2) is 0 Å². The van der Waals surface area contributed by atoms with E-state index in [0.717, 1.165) is 45.8 Å². The van der Waals surface area contributed by atoms with Crippen molar-refractivity contribution in [1.29, 1.82) is 0 Å². The molecule has 1 unspecified atom stereocenters. The number of rotatable bonds is 10. The van der Waals surface area contributed by atoms with Gasteiger partial charge in [0, 0.05) is 26.4 Å². The normalized spacial score (nSPS) is 13.1. The summed E-state index contributed by atoms with van der Waals surface area (Å²) in [5.74, 6) is 0. The molecule has 0 aliphatic carbocycles. The van der Waals surface area contributed by atoms with Crippen LogP contribution in [0, 0.1) is 0 Å². The van der Waals surface area contributed by atoms with Gasteiger partial charge in [-0.1, -0.05) is 6.92 Å². The largest absolute Gasteiger partial charge is 0.382 e. The summed E-state index contributed by atoms with van der Waals surface area (Å²) in [6.45, 7) is 10.7. The van der Waals surface area contributed by atoms with Crippen LogP contribution >= 0.6 is 0 Å². The van der Waals surface area contributed by atoms with E-state index in [1.165, 1.54) is 0 Å². The molecule has 0 radical (unpaired) electrons. The number of nitrogens with one attached hydrogen (secondary N) is 1. The van der Waals surface area contributed by atoms with Crippen LogP contribution in [0.1, 0.15) is 33.6 Å². The highest BCUT2D eigenvalue weighted by Gasteiger charge is 1.99. The lowest BCUT2D eigenvalue weighted by molar-refractivity contribution is 0.0657. The summed E-state index contributed by atoms with van der Waals surface area (Å²) in [4.78, 5) is 0. The van der Waals surface area contributed by atoms with E-state index in [0.29, 0.717) is 6.10 Å². The predicted molar refractivity (Wildman–Crippen MR) is 59.7 cm³/mol. The van der Waals surface area contributed by atoms with Crippen LogP contribution in [-0.4, -0.2) is 39.0 Å². The van der Waals surface area contributed by atoms with E-state index in [9.17, 15) is 0 Å². The molecule has 0 rings (SSSR count). The van der Waals surface area contributed by atoms with Crippen molar-refractivity contribution in [2.75, 3.05) is 32.9 Å². The van der Waals surface area contributed by atoms with Crippen LogP contribution in [0.15, 0.2) is 0 Å². The second-order valence-corrected chi connectivity index (χ2v) is 3.44. The van der Waals surface area contributed by atoms with Crippen LogP contribution in [0.4, 0.5) is 0 Å². The molecule has 0 amide bonds. The van der Waals surface area contributed by atoms with Gasteiger partial charge >= 0.3 is 0 Å². The Morgan fingerprint density at radius 3 is 2.64 bits per heavy atom. The maximum Gasteiger partial charge on any atom is 0.0671 e. The molecule has 0 heterocycles. The van der Waals surface area contributed by atoms with Crippen molar-refractivity contribution >= 4 is 0 Å². The van der Waals surface area contributed by atoms with Crippen molar-refractivity contribution in [1.82, 2.24) is 5.32 Å². The third-order valence-corrected chi connectivity index (χ3v) is 1.88. The van der Waals surface area contributed by atoms with Gasteiger partial charge in [0.25, 0.3) is 0 Å². The maximum atomic E-state index is 5.53. The van der Waals surface area contributed by atoms with E-state index in [-0.39, 0.29) is 0 Å². The Labute approximate surface area is 88.2 Å². The second-order valence-electron chi connectivity index (χ2n) is 3.44. The lowest BCUT2D eigenvalue weighted by atomic mass is 10.3. The van der Waals surface area contributed by atoms with Crippen LogP contribution in [0.2, 0.25) is 0 Å². The molecule has 0 fully saturated rings. The number of hydrogen-bond donors (Lipinski definition) is 1. The number of hydrogen-bond acceptors (Lipinski definition) is 3. The van der Waals surface area contributed by atoms with E-state index < -0.39 is 0 Å². The van der Waals surface area contributed by atoms with E-state index in [2.05, 4.69) is 19.2 Å². The summed E-state index contributed by atoms with van der Waals surface area (Å²) >= 11 is 0. The molecule has 0 saturated heterocycles. The summed E-state index contributed by atoms with van der Waals surface area (Å²) in [5.41, 5.74) is 0. The maximum absolute atomic E-state index is 5.53. The van der Waals surface area contributed by atoms with Gasteiger partial charge in [-0.3, -0.25) is 0 Å². The quantitative estimate of drug-likeness (QED) is 0.549. The standard InChI is InChI=1S/C11H25NO2/c1-4-8-14-11(3)10-12-7-6-9-13-5-2/h11-12H,4-10H2,1-3H3. The van der Waals surface area contributed by atoms with E-state index in [1.54, 1.807) is 0 Å². The van der Waals surface area contributed by atoms with Crippen LogP contribution in [-0.2, 0) is 9.47 Å². The smallest absolute Gasteiger partial charge is 0.0671 e. The monoisotopic (exact) mass is 203 g/mol. The minimum atomic E-state index is 0.321. The van der Waals surface area contributed by atoms with Crippen LogP contribution < -0.4 is 5.32 Å². The van der Waals surface area contributed by atoms with Crippen molar-refractivity contribution in [3.05, 3.63) is 0 Å². The Morgan fingerprint density at radius 1 is 1.21 bits per heavy atom. The van der Waals surface area contributed by atoms with Crippen molar-refractivity contribution in [3.8, 4) is 0 Å². The molecule has 0 aromatic carbocycles. The Morgan fingerprint density at radius 2 is 2.00 bits per heavy atom. The third-order valence-electron chi connectivity index (χ3n) is 1.88. The lowest BCUT2D eigenvalue weighted by Crippen LogP contribution is -2.28. The Hall–Kier alpha value is -0.120. The van der Waals surface area contributed by atoms with Gasteiger partial charge in [-0.05, 0) is 33.2 Å². The fourth-order valence-corrected chi connectivity index (χ4v) is 1.13. The first-order valence-electron chi connectivity index (χ1n) is 5.71.